The quantitative estimate of drug-likeness (QED) is 0.667. The molecule has 1 aliphatic heterocycles. The zero-order valence-electron chi connectivity index (χ0n) is 17.5. The molecule has 3 aromatic rings. The number of cyclic esters (lactones) is 1. The lowest BCUT2D eigenvalue weighted by Crippen LogP contribution is -2.37. The number of aromatic nitrogens is 5. The smallest absolute Gasteiger partial charge is 0.415 e. The minimum Gasteiger partial charge on any atom is -0.447 e. The lowest BCUT2D eigenvalue weighted by molar-refractivity contribution is 0.177. The molecule has 1 N–H and O–H groups in total. The van der Waals surface area contributed by atoms with Gasteiger partial charge in [0.2, 0.25) is 5.95 Å². The van der Waals surface area contributed by atoms with Crippen LogP contribution < -0.4 is 10.2 Å². The summed E-state index contributed by atoms with van der Waals surface area (Å²) >= 11 is 0. The van der Waals surface area contributed by atoms with Crippen LogP contribution in [0.4, 0.5) is 16.6 Å². The van der Waals surface area contributed by atoms with Gasteiger partial charge in [0.05, 0.1) is 23.5 Å². The molecule has 1 aromatic carbocycles. The van der Waals surface area contributed by atoms with E-state index < -0.39 is 0 Å². The van der Waals surface area contributed by atoms with Crippen molar-refractivity contribution in [3.05, 3.63) is 54.0 Å². The molecular formula is C21H25N7O2. The molecule has 1 unspecified atom stereocenters. The molecule has 3 heterocycles. The number of hydrogen-bond donors (Lipinski definition) is 1. The van der Waals surface area contributed by atoms with Crippen LogP contribution in [-0.4, -0.2) is 43.7 Å². The lowest BCUT2D eigenvalue weighted by atomic mass is 10.0. The Kier molecular flexibility index (Phi) is 5.35. The van der Waals surface area contributed by atoms with Crippen LogP contribution in [0.5, 0.6) is 0 Å². The predicted octanol–water partition coefficient (Wildman–Crippen LogP) is 3.52. The van der Waals surface area contributed by atoms with Crippen molar-refractivity contribution in [3.8, 4) is 5.69 Å². The lowest BCUT2D eigenvalue weighted by Gasteiger charge is -2.23. The van der Waals surface area contributed by atoms with E-state index in [1.807, 2.05) is 44.2 Å². The second kappa shape index (κ2) is 8.10. The van der Waals surface area contributed by atoms with Gasteiger partial charge in [-0.05, 0) is 38.0 Å². The van der Waals surface area contributed by atoms with Gasteiger partial charge in [0.1, 0.15) is 18.1 Å². The van der Waals surface area contributed by atoms with Gasteiger partial charge in [-0.2, -0.15) is 4.98 Å². The monoisotopic (exact) mass is 407 g/mol. The number of rotatable bonds is 6. The normalized spacial score (nSPS) is 17.3. The molecular weight excluding hydrogens is 382 g/mol. The number of benzene rings is 1. The van der Waals surface area contributed by atoms with Crippen LogP contribution in [0.2, 0.25) is 0 Å². The second-order valence-electron chi connectivity index (χ2n) is 7.67. The molecule has 9 nitrogen and oxygen atoms in total. The Bertz CT molecular complexity index is 1030. The van der Waals surface area contributed by atoms with Gasteiger partial charge in [-0.15, -0.1) is 5.10 Å². The van der Waals surface area contributed by atoms with Crippen molar-refractivity contribution in [2.45, 2.75) is 39.8 Å². The van der Waals surface area contributed by atoms with Crippen LogP contribution in [0, 0.1) is 12.8 Å². The van der Waals surface area contributed by atoms with Crippen molar-refractivity contribution >= 4 is 17.9 Å². The van der Waals surface area contributed by atoms with Gasteiger partial charge in [-0.1, -0.05) is 37.3 Å². The number of anilines is 2. The Morgan fingerprint density at radius 2 is 1.93 bits per heavy atom. The molecule has 1 amide bonds. The van der Waals surface area contributed by atoms with Crippen LogP contribution in [0.15, 0.2) is 42.6 Å². The maximum atomic E-state index is 12.2. The molecule has 156 valence electrons. The van der Waals surface area contributed by atoms with Crippen molar-refractivity contribution < 1.29 is 9.53 Å². The molecule has 1 fully saturated rings. The first-order valence-corrected chi connectivity index (χ1v) is 9.99. The van der Waals surface area contributed by atoms with Gasteiger partial charge in [0, 0.05) is 6.20 Å². The summed E-state index contributed by atoms with van der Waals surface area (Å²) in [7, 11) is 0. The number of para-hydroxylation sites is 1. The van der Waals surface area contributed by atoms with Crippen LogP contribution in [-0.2, 0) is 4.74 Å². The molecule has 2 aromatic heterocycles. The zero-order valence-corrected chi connectivity index (χ0v) is 17.5. The fourth-order valence-electron chi connectivity index (χ4n) is 3.56. The van der Waals surface area contributed by atoms with E-state index in [0.717, 1.165) is 17.1 Å². The van der Waals surface area contributed by atoms with Gasteiger partial charge in [-0.3, -0.25) is 4.90 Å². The summed E-state index contributed by atoms with van der Waals surface area (Å²) in [5, 5.41) is 11.9. The summed E-state index contributed by atoms with van der Waals surface area (Å²) in [4.78, 5) is 22.7. The first kappa shape index (κ1) is 19.8. The number of ether oxygens (including phenoxy) is 1. The number of nitrogens with zero attached hydrogens (tertiary/aromatic N) is 6. The Morgan fingerprint density at radius 1 is 1.17 bits per heavy atom. The van der Waals surface area contributed by atoms with E-state index in [2.05, 4.69) is 39.4 Å². The Morgan fingerprint density at radius 3 is 2.67 bits per heavy atom. The SMILES string of the molecule is Cc1c([C@H](C)Nc2nccc(N3C(=O)OCC3C(C)C)n2)nnn1-c1ccccc1. The van der Waals surface area contributed by atoms with Crippen LogP contribution in [0.1, 0.15) is 38.2 Å². The van der Waals surface area contributed by atoms with E-state index in [4.69, 9.17) is 4.74 Å². The predicted molar refractivity (Wildman–Crippen MR) is 113 cm³/mol. The first-order valence-electron chi connectivity index (χ1n) is 9.99. The van der Waals surface area contributed by atoms with Gasteiger partial charge < -0.3 is 10.1 Å². The van der Waals surface area contributed by atoms with Crippen LogP contribution >= 0.6 is 0 Å². The minimum atomic E-state index is -0.381. The molecule has 4 rings (SSSR count). The van der Waals surface area contributed by atoms with E-state index in [-0.39, 0.29) is 24.1 Å². The van der Waals surface area contributed by atoms with Gasteiger partial charge >= 0.3 is 6.09 Å². The number of nitrogens with one attached hydrogen (secondary N) is 1. The first-order chi connectivity index (χ1) is 14.5. The summed E-state index contributed by atoms with van der Waals surface area (Å²) in [6.07, 6.45) is 1.25. The third-order valence-electron chi connectivity index (χ3n) is 5.25. The number of amides is 1. The van der Waals surface area contributed by atoms with E-state index in [0.29, 0.717) is 18.4 Å². The fraction of sp³-hybridized carbons (Fsp3) is 0.381. The topological polar surface area (TPSA) is 98.1 Å². The largest absolute Gasteiger partial charge is 0.447 e. The molecule has 2 atom stereocenters. The zero-order chi connectivity index (χ0) is 21.3. The average molecular weight is 407 g/mol. The average Bonchev–Trinajstić information content (AvgIpc) is 3.31. The van der Waals surface area contributed by atoms with Crippen molar-refractivity contribution in [2.75, 3.05) is 16.8 Å². The molecule has 0 aliphatic carbocycles. The molecule has 0 bridgehead atoms. The highest BCUT2D eigenvalue weighted by molar-refractivity contribution is 5.89. The van der Waals surface area contributed by atoms with Crippen molar-refractivity contribution in [2.24, 2.45) is 5.92 Å². The van der Waals surface area contributed by atoms with Crippen LogP contribution in [0.25, 0.3) is 5.69 Å². The molecule has 0 radical (unpaired) electrons. The second-order valence-corrected chi connectivity index (χ2v) is 7.67. The van der Waals surface area contributed by atoms with Crippen molar-refractivity contribution in [1.29, 1.82) is 0 Å². The number of hydrogen-bond acceptors (Lipinski definition) is 7. The maximum Gasteiger partial charge on any atom is 0.415 e. The molecule has 1 saturated heterocycles. The Labute approximate surface area is 175 Å². The van der Waals surface area contributed by atoms with E-state index >= 15 is 0 Å². The van der Waals surface area contributed by atoms with Crippen LogP contribution in [0.3, 0.4) is 0 Å². The maximum absolute atomic E-state index is 12.2. The standard InChI is InChI=1S/C21H25N7O2/c1-13(2)17-12-30-21(29)27(17)18-10-11-22-20(24-18)23-14(3)19-15(4)28(26-25-19)16-8-6-5-7-9-16/h5-11,13-14,17H,12H2,1-4H3,(H,22,23,24)/t14-,17?/m0/s1. The summed E-state index contributed by atoms with van der Waals surface area (Å²) in [5.41, 5.74) is 2.68. The highest BCUT2D eigenvalue weighted by Gasteiger charge is 2.37. The number of carbonyl (C=O) groups excluding carboxylic acids is 1. The summed E-state index contributed by atoms with van der Waals surface area (Å²) in [5.74, 6) is 1.18. The van der Waals surface area contributed by atoms with E-state index in [9.17, 15) is 4.79 Å². The highest BCUT2D eigenvalue weighted by Crippen LogP contribution is 2.27. The molecule has 1 aliphatic rings. The summed E-state index contributed by atoms with van der Waals surface area (Å²) < 4.78 is 7.03. The Balaban J connectivity index is 1.55. The fourth-order valence-corrected chi connectivity index (χ4v) is 3.56. The summed E-state index contributed by atoms with van der Waals surface area (Å²) in [6.45, 7) is 8.43. The van der Waals surface area contributed by atoms with Crippen molar-refractivity contribution in [3.63, 3.8) is 0 Å². The molecule has 30 heavy (non-hydrogen) atoms. The molecule has 9 heteroatoms. The van der Waals surface area contributed by atoms with Gasteiger partial charge in [0.25, 0.3) is 0 Å². The van der Waals surface area contributed by atoms with Gasteiger partial charge in [-0.25, -0.2) is 14.5 Å². The van der Waals surface area contributed by atoms with E-state index in [1.165, 1.54) is 0 Å². The summed E-state index contributed by atoms with van der Waals surface area (Å²) in [6, 6.07) is 11.3. The van der Waals surface area contributed by atoms with Crippen molar-refractivity contribution in [1.82, 2.24) is 25.0 Å². The third-order valence-corrected chi connectivity index (χ3v) is 5.25. The minimum absolute atomic E-state index is 0.0503. The number of carbonyl (C=O) groups is 1. The highest BCUT2D eigenvalue weighted by atomic mass is 16.6. The Hall–Kier alpha value is -3.49. The molecule has 0 saturated carbocycles. The molecule has 0 spiro atoms. The van der Waals surface area contributed by atoms with E-state index in [1.54, 1.807) is 21.8 Å². The third kappa shape index (κ3) is 3.70. The van der Waals surface area contributed by atoms with Gasteiger partial charge in [0.15, 0.2) is 0 Å².